The van der Waals surface area contributed by atoms with Gasteiger partial charge in [-0.1, -0.05) is 0 Å². The maximum absolute atomic E-state index is 10.6. The van der Waals surface area contributed by atoms with Crippen molar-refractivity contribution >= 4 is 18.4 Å². The van der Waals surface area contributed by atoms with Crippen LogP contribution < -0.4 is 0 Å². The van der Waals surface area contributed by atoms with E-state index in [-0.39, 0.29) is 18.3 Å². The van der Waals surface area contributed by atoms with Crippen LogP contribution in [0.15, 0.2) is 0 Å². The van der Waals surface area contributed by atoms with E-state index in [9.17, 15) is 4.79 Å². The standard InChI is InChI=1S/C8H13NO2.ClH/c10-8(11)6-4-7-2-1-3-9(7)5-6;/h6-7H,1-5H2,(H,10,11);1H/t6-,7?;/m0./s1. The van der Waals surface area contributed by atoms with Crippen molar-refractivity contribution in [2.24, 2.45) is 5.92 Å². The molecule has 0 saturated carbocycles. The summed E-state index contributed by atoms with van der Waals surface area (Å²) < 4.78 is 0. The summed E-state index contributed by atoms with van der Waals surface area (Å²) in [6, 6.07) is 0.594. The molecular formula is C8H14ClNO2. The lowest BCUT2D eigenvalue weighted by atomic mass is 10.0. The van der Waals surface area contributed by atoms with Crippen LogP contribution in [-0.4, -0.2) is 35.1 Å². The van der Waals surface area contributed by atoms with Crippen LogP contribution in [0.4, 0.5) is 0 Å². The molecule has 12 heavy (non-hydrogen) atoms. The molecule has 0 aliphatic carbocycles. The Balaban J connectivity index is 0.000000720. The Hall–Kier alpha value is -0.280. The van der Waals surface area contributed by atoms with E-state index in [4.69, 9.17) is 5.11 Å². The molecule has 4 heteroatoms. The fourth-order valence-corrected chi connectivity index (χ4v) is 2.27. The molecule has 0 aromatic carbocycles. The monoisotopic (exact) mass is 191 g/mol. The zero-order valence-corrected chi connectivity index (χ0v) is 7.72. The third-order valence-corrected chi connectivity index (χ3v) is 2.86. The lowest BCUT2D eigenvalue weighted by Gasteiger charge is -2.12. The number of aliphatic carboxylic acids is 1. The summed E-state index contributed by atoms with van der Waals surface area (Å²) in [5, 5.41) is 8.74. The van der Waals surface area contributed by atoms with Gasteiger partial charge < -0.3 is 5.11 Å². The first-order valence-electron chi connectivity index (χ1n) is 4.24. The molecule has 70 valence electrons. The molecule has 2 aliphatic heterocycles. The molecular weight excluding hydrogens is 178 g/mol. The molecule has 2 heterocycles. The number of rotatable bonds is 1. The first-order chi connectivity index (χ1) is 5.27. The molecule has 0 radical (unpaired) electrons. The van der Waals surface area contributed by atoms with E-state index in [1.165, 1.54) is 12.8 Å². The third-order valence-electron chi connectivity index (χ3n) is 2.86. The lowest BCUT2D eigenvalue weighted by Crippen LogP contribution is -2.23. The van der Waals surface area contributed by atoms with Crippen LogP contribution in [0.3, 0.4) is 0 Å². The van der Waals surface area contributed by atoms with Gasteiger partial charge in [0.05, 0.1) is 5.92 Å². The Morgan fingerprint density at radius 3 is 2.83 bits per heavy atom. The maximum atomic E-state index is 10.6. The highest BCUT2D eigenvalue weighted by Gasteiger charge is 2.38. The van der Waals surface area contributed by atoms with Crippen molar-refractivity contribution in [3.63, 3.8) is 0 Å². The zero-order chi connectivity index (χ0) is 7.84. The number of fused-ring (bicyclic) bond motifs is 1. The summed E-state index contributed by atoms with van der Waals surface area (Å²) in [4.78, 5) is 12.9. The molecule has 1 N–H and O–H groups in total. The smallest absolute Gasteiger partial charge is 0.307 e. The second-order valence-electron chi connectivity index (χ2n) is 3.56. The summed E-state index contributed by atoms with van der Waals surface area (Å²) in [6.07, 6.45) is 3.36. The highest BCUT2D eigenvalue weighted by molar-refractivity contribution is 5.85. The van der Waals surface area contributed by atoms with Gasteiger partial charge in [-0.15, -0.1) is 12.4 Å². The molecule has 2 saturated heterocycles. The number of hydrogen-bond donors (Lipinski definition) is 1. The van der Waals surface area contributed by atoms with E-state index in [0.717, 1.165) is 19.5 Å². The predicted molar refractivity (Wildman–Crippen MR) is 47.6 cm³/mol. The molecule has 2 rings (SSSR count). The Kier molecular flexibility index (Phi) is 2.96. The van der Waals surface area contributed by atoms with Crippen LogP contribution in [0.5, 0.6) is 0 Å². The van der Waals surface area contributed by atoms with Crippen molar-refractivity contribution in [3.05, 3.63) is 0 Å². The van der Waals surface area contributed by atoms with Gasteiger partial charge in [0.1, 0.15) is 0 Å². The van der Waals surface area contributed by atoms with Gasteiger partial charge in [-0.25, -0.2) is 0 Å². The first-order valence-corrected chi connectivity index (χ1v) is 4.24. The number of nitrogens with zero attached hydrogens (tertiary/aromatic N) is 1. The van der Waals surface area contributed by atoms with E-state index < -0.39 is 5.97 Å². The van der Waals surface area contributed by atoms with Gasteiger partial charge in [0.15, 0.2) is 0 Å². The van der Waals surface area contributed by atoms with E-state index in [1.807, 2.05) is 0 Å². The highest BCUT2D eigenvalue weighted by atomic mass is 35.5. The number of hydrogen-bond acceptors (Lipinski definition) is 2. The Bertz CT molecular complexity index is 174. The second kappa shape index (κ2) is 3.62. The van der Waals surface area contributed by atoms with E-state index in [0.29, 0.717) is 6.04 Å². The fraction of sp³-hybridized carbons (Fsp3) is 0.875. The Labute approximate surface area is 78.2 Å². The first kappa shape index (κ1) is 9.81. The molecule has 2 fully saturated rings. The van der Waals surface area contributed by atoms with Crippen LogP contribution in [-0.2, 0) is 4.79 Å². The van der Waals surface area contributed by atoms with E-state index in [1.54, 1.807) is 0 Å². The van der Waals surface area contributed by atoms with Gasteiger partial charge in [-0.2, -0.15) is 0 Å². The van der Waals surface area contributed by atoms with Crippen LogP contribution in [0.25, 0.3) is 0 Å². The average molecular weight is 192 g/mol. The summed E-state index contributed by atoms with van der Waals surface area (Å²) in [7, 11) is 0. The number of carboxylic acids is 1. The summed E-state index contributed by atoms with van der Waals surface area (Å²) in [6.45, 7) is 1.91. The van der Waals surface area contributed by atoms with Crippen LogP contribution >= 0.6 is 12.4 Å². The largest absolute Gasteiger partial charge is 0.481 e. The third kappa shape index (κ3) is 1.57. The molecule has 0 amide bonds. The van der Waals surface area contributed by atoms with Crippen LogP contribution in [0.1, 0.15) is 19.3 Å². The minimum atomic E-state index is -0.612. The zero-order valence-electron chi connectivity index (χ0n) is 6.90. The van der Waals surface area contributed by atoms with Crippen LogP contribution in [0, 0.1) is 5.92 Å². The molecule has 0 aromatic rings. The van der Waals surface area contributed by atoms with Crippen LogP contribution in [0.2, 0.25) is 0 Å². The molecule has 1 unspecified atom stereocenters. The van der Waals surface area contributed by atoms with Gasteiger partial charge in [0.2, 0.25) is 0 Å². The number of carboxylic acid groups (broad SMARTS) is 1. The lowest BCUT2D eigenvalue weighted by molar-refractivity contribution is -0.141. The van der Waals surface area contributed by atoms with Crippen molar-refractivity contribution in [1.82, 2.24) is 4.90 Å². The van der Waals surface area contributed by atoms with E-state index in [2.05, 4.69) is 4.90 Å². The number of halogens is 1. The molecule has 2 aliphatic rings. The van der Waals surface area contributed by atoms with Crippen molar-refractivity contribution in [2.45, 2.75) is 25.3 Å². The minimum absolute atomic E-state index is 0. The van der Waals surface area contributed by atoms with Crippen molar-refractivity contribution in [1.29, 1.82) is 0 Å². The Morgan fingerprint density at radius 1 is 1.50 bits per heavy atom. The fourth-order valence-electron chi connectivity index (χ4n) is 2.27. The summed E-state index contributed by atoms with van der Waals surface area (Å²) in [5.74, 6) is -0.695. The Morgan fingerprint density at radius 2 is 2.25 bits per heavy atom. The SMILES string of the molecule is Cl.O=C(O)[C@H]1CC2CCCN2C1. The quantitative estimate of drug-likeness (QED) is 0.672. The van der Waals surface area contributed by atoms with Gasteiger partial charge in [0.25, 0.3) is 0 Å². The van der Waals surface area contributed by atoms with Crippen molar-refractivity contribution < 1.29 is 9.90 Å². The number of carbonyl (C=O) groups is 1. The molecule has 0 bridgehead atoms. The predicted octanol–water partition coefficient (Wildman–Crippen LogP) is 0.977. The summed E-state index contributed by atoms with van der Waals surface area (Å²) in [5.41, 5.74) is 0. The van der Waals surface area contributed by atoms with Crippen molar-refractivity contribution in [2.75, 3.05) is 13.1 Å². The highest BCUT2D eigenvalue weighted by Crippen LogP contribution is 2.31. The topological polar surface area (TPSA) is 40.5 Å². The minimum Gasteiger partial charge on any atom is -0.481 e. The van der Waals surface area contributed by atoms with Gasteiger partial charge >= 0.3 is 5.97 Å². The van der Waals surface area contributed by atoms with Gasteiger partial charge in [-0.3, -0.25) is 9.69 Å². The molecule has 0 spiro atoms. The average Bonchev–Trinajstić information content (AvgIpc) is 2.40. The molecule has 0 aromatic heterocycles. The maximum Gasteiger partial charge on any atom is 0.307 e. The van der Waals surface area contributed by atoms with Gasteiger partial charge in [0, 0.05) is 12.6 Å². The normalized spacial score (nSPS) is 34.3. The second-order valence-corrected chi connectivity index (χ2v) is 3.56. The van der Waals surface area contributed by atoms with Crippen molar-refractivity contribution in [3.8, 4) is 0 Å². The van der Waals surface area contributed by atoms with E-state index >= 15 is 0 Å². The molecule has 3 nitrogen and oxygen atoms in total. The molecule has 2 atom stereocenters. The summed E-state index contributed by atoms with van der Waals surface area (Å²) >= 11 is 0. The van der Waals surface area contributed by atoms with Gasteiger partial charge in [-0.05, 0) is 25.8 Å².